The quantitative estimate of drug-likeness (QED) is 0.820. The normalized spacial score (nSPS) is 14.6. The van der Waals surface area contributed by atoms with Crippen LogP contribution in [-0.2, 0) is 10.0 Å². The zero-order valence-electron chi connectivity index (χ0n) is 15.2. The fraction of sp³-hybridized carbons (Fsp3) is 0.316. The average Bonchev–Trinajstić information content (AvgIpc) is 2.70. The molecule has 1 fully saturated rings. The Bertz CT molecular complexity index is 969. The molecule has 0 atom stereocenters. The van der Waals surface area contributed by atoms with Gasteiger partial charge in [0.1, 0.15) is 23.1 Å². The SMILES string of the molecule is COc1ccc(S(=O)(=O)Nc2c(F)cccc2F)cc1C(=O)N1CCCCC1. The maximum absolute atomic E-state index is 13.8. The number of anilines is 1. The number of hydrogen-bond acceptors (Lipinski definition) is 4. The van der Waals surface area contributed by atoms with Crippen LogP contribution in [0, 0.1) is 11.6 Å². The molecule has 1 amide bonds. The van der Waals surface area contributed by atoms with Crippen molar-refractivity contribution in [2.75, 3.05) is 24.9 Å². The summed E-state index contributed by atoms with van der Waals surface area (Å²) in [6.45, 7) is 1.16. The Hall–Kier alpha value is -2.68. The lowest BCUT2D eigenvalue weighted by Crippen LogP contribution is -2.35. The third-order valence-electron chi connectivity index (χ3n) is 4.55. The predicted molar refractivity (Wildman–Crippen MR) is 99.9 cm³/mol. The second kappa shape index (κ2) is 8.14. The van der Waals surface area contributed by atoms with Crippen LogP contribution in [-0.4, -0.2) is 39.4 Å². The van der Waals surface area contributed by atoms with E-state index in [1.807, 2.05) is 4.72 Å². The number of carbonyl (C=O) groups is 1. The number of halogens is 2. The second-order valence-corrected chi connectivity index (χ2v) is 8.10. The smallest absolute Gasteiger partial charge is 0.262 e. The van der Waals surface area contributed by atoms with Gasteiger partial charge in [0, 0.05) is 13.1 Å². The number of carbonyl (C=O) groups excluding carboxylic acids is 1. The summed E-state index contributed by atoms with van der Waals surface area (Å²) in [4.78, 5) is 14.2. The number of nitrogens with zero attached hydrogens (tertiary/aromatic N) is 1. The fourth-order valence-corrected chi connectivity index (χ4v) is 4.18. The summed E-state index contributed by atoms with van der Waals surface area (Å²) in [5.74, 6) is -2.19. The molecule has 0 aromatic heterocycles. The van der Waals surface area contributed by atoms with Crippen molar-refractivity contribution < 1.29 is 26.7 Å². The second-order valence-electron chi connectivity index (χ2n) is 6.42. The van der Waals surface area contributed by atoms with E-state index in [1.54, 1.807) is 4.90 Å². The third kappa shape index (κ3) is 4.09. The molecule has 1 heterocycles. The van der Waals surface area contributed by atoms with Crippen molar-refractivity contribution in [2.45, 2.75) is 24.2 Å². The summed E-state index contributed by atoms with van der Waals surface area (Å²) < 4.78 is 60.0. The van der Waals surface area contributed by atoms with Gasteiger partial charge in [0.05, 0.1) is 17.6 Å². The molecule has 1 aliphatic heterocycles. The third-order valence-corrected chi connectivity index (χ3v) is 5.90. The highest BCUT2D eigenvalue weighted by Crippen LogP contribution is 2.27. The molecule has 6 nitrogen and oxygen atoms in total. The van der Waals surface area contributed by atoms with Crippen LogP contribution < -0.4 is 9.46 Å². The van der Waals surface area contributed by atoms with Gasteiger partial charge in [-0.3, -0.25) is 9.52 Å². The van der Waals surface area contributed by atoms with Gasteiger partial charge in [-0.15, -0.1) is 0 Å². The van der Waals surface area contributed by atoms with Crippen molar-refractivity contribution in [3.05, 3.63) is 53.6 Å². The van der Waals surface area contributed by atoms with Crippen LogP contribution in [0.3, 0.4) is 0 Å². The molecule has 2 aromatic carbocycles. The molecule has 28 heavy (non-hydrogen) atoms. The highest BCUT2D eigenvalue weighted by Gasteiger charge is 2.25. The van der Waals surface area contributed by atoms with E-state index in [4.69, 9.17) is 4.74 Å². The van der Waals surface area contributed by atoms with Gasteiger partial charge in [0.25, 0.3) is 15.9 Å². The van der Waals surface area contributed by atoms with Crippen molar-refractivity contribution >= 4 is 21.6 Å². The number of para-hydroxylation sites is 1. The van der Waals surface area contributed by atoms with Crippen molar-refractivity contribution in [2.24, 2.45) is 0 Å². The van der Waals surface area contributed by atoms with E-state index in [9.17, 15) is 22.0 Å². The van der Waals surface area contributed by atoms with Crippen LogP contribution in [0.2, 0.25) is 0 Å². The van der Waals surface area contributed by atoms with Crippen LogP contribution in [0.4, 0.5) is 14.5 Å². The van der Waals surface area contributed by atoms with Crippen molar-refractivity contribution in [3.8, 4) is 5.75 Å². The summed E-state index contributed by atoms with van der Waals surface area (Å²) >= 11 is 0. The average molecular weight is 410 g/mol. The van der Waals surface area contributed by atoms with E-state index >= 15 is 0 Å². The van der Waals surface area contributed by atoms with Crippen molar-refractivity contribution in [3.63, 3.8) is 0 Å². The molecule has 1 N–H and O–H groups in total. The Morgan fingerprint density at radius 2 is 1.71 bits per heavy atom. The van der Waals surface area contributed by atoms with Gasteiger partial charge in [0.15, 0.2) is 0 Å². The summed E-state index contributed by atoms with van der Waals surface area (Å²) in [6.07, 6.45) is 2.79. The predicted octanol–water partition coefficient (Wildman–Crippen LogP) is 3.40. The van der Waals surface area contributed by atoms with Gasteiger partial charge >= 0.3 is 0 Å². The topological polar surface area (TPSA) is 75.7 Å². The molecule has 0 spiro atoms. The van der Waals surface area contributed by atoms with E-state index in [-0.39, 0.29) is 22.1 Å². The number of piperidine rings is 1. The standard InChI is InChI=1S/C19H20F2N2O4S/c1-27-17-9-8-13(12-14(17)19(24)23-10-3-2-4-11-23)28(25,26)22-18-15(20)6-5-7-16(18)21/h5-9,12,22H,2-4,10-11H2,1H3. The van der Waals surface area contributed by atoms with Gasteiger partial charge in [-0.25, -0.2) is 17.2 Å². The molecule has 2 aromatic rings. The molecule has 0 saturated carbocycles. The van der Waals surface area contributed by atoms with Crippen LogP contribution >= 0.6 is 0 Å². The first-order chi connectivity index (χ1) is 13.3. The van der Waals surface area contributed by atoms with Gasteiger partial charge in [-0.1, -0.05) is 6.07 Å². The Kier molecular flexibility index (Phi) is 5.83. The number of benzene rings is 2. The monoisotopic (exact) mass is 410 g/mol. The molecule has 1 aliphatic rings. The molecule has 1 saturated heterocycles. The van der Waals surface area contributed by atoms with E-state index in [1.165, 1.54) is 19.2 Å². The number of ether oxygens (including phenoxy) is 1. The maximum Gasteiger partial charge on any atom is 0.262 e. The lowest BCUT2D eigenvalue weighted by atomic mass is 10.1. The number of rotatable bonds is 5. The van der Waals surface area contributed by atoms with Crippen LogP contribution in [0.1, 0.15) is 29.6 Å². The van der Waals surface area contributed by atoms with Gasteiger partial charge in [-0.2, -0.15) is 0 Å². The molecular weight excluding hydrogens is 390 g/mol. The molecule has 0 unspecified atom stereocenters. The first kappa shape index (κ1) is 20.1. The number of nitrogens with one attached hydrogen (secondary N) is 1. The van der Waals surface area contributed by atoms with E-state index in [2.05, 4.69) is 0 Å². The summed E-state index contributed by atoms with van der Waals surface area (Å²) in [6, 6.07) is 6.75. The van der Waals surface area contributed by atoms with E-state index in [0.29, 0.717) is 13.1 Å². The van der Waals surface area contributed by atoms with Gasteiger partial charge in [-0.05, 0) is 49.6 Å². The Morgan fingerprint density at radius 1 is 1.07 bits per heavy atom. The summed E-state index contributed by atoms with van der Waals surface area (Å²) in [5, 5.41) is 0. The van der Waals surface area contributed by atoms with Crippen molar-refractivity contribution in [1.82, 2.24) is 4.90 Å². The number of hydrogen-bond donors (Lipinski definition) is 1. The van der Waals surface area contributed by atoms with Crippen LogP contribution in [0.15, 0.2) is 41.3 Å². The molecular formula is C19H20F2N2O4S. The highest BCUT2D eigenvalue weighted by atomic mass is 32.2. The highest BCUT2D eigenvalue weighted by molar-refractivity contribution is 7.92. The minimum absolute atomic E-state index is 0.0845. The molecule has 0 radical (unpaired) electrons. The van der Waals surface area contributed by atoms with E-state index < -0.39 is 27.3 Å². The lowest BCUT2D eigenvalue weighted by molar-refractivity contribution is 0.0720. The number of amides is 1. The number of sulfonamides is 1. The largest absolute Gasteiger partial charge is 0.496 e. The number of likely N-dealkylation sites (tertiary alicyclic amines) is 1. The number of methoxy groups -OCH3 is 1. The first-order valence-corrected chi connectivity index (χ1v) is 10.3. The Labute approximate surface area is 162 Å². The van der Waals surface area contributed by atoms with Gasteiger partial charge < -0.3 is 9.64 Å². The molecule has 150 valence electrons. The fourth-order valence-electron chi connectivity index (χ4n) is 3.08. The molecule has 9 heteroatoms. The first-order valence-electron chi connectivity index (χ1n) is 8.77. The molecule has 3 rings (SSSR count). The zero-order valence-corrected chi connectivity index (χ0v) is 16.1. The van der Waals surface area contributed by atoms with E-state index in [0.717, 1.165) is 43.5 Å². The van der Waals surface area contributed by atoms with Gasteiger partial charge in [0.2, 0.25) is 0 Å². The van der Waals surface area contributed by atoms with Crippen LogP contribution in [0.5, 0.6) is 5.75 Å². The molecule has 0 aliphatic carbocycles. The Balaban J connectivity index is 1.96. The minimum atomic E-state index is -4.33. The molecule has 0 bridgehead atoms. The summed E-state index contributed by atoms with van der Waals surface area (Å²) in [7, 11) is -2.95. The van der Waals surface area contributed by atoms with Crippen molar-refractivity contribution in [1.29, 1.82) is 0 Å². The maximum atomic E-state index is 13.8. The zero-order chi connectivity index (χ0) is 20.3. The Morgan fingerprint density at radius 3 is 2.32 bits per heavy atom. The minimum Gasteiger partial charge on any atom is -0.496 e. The van der Waals surface area contributed by atoms with Crippen LogP contribution in [0.25, 0.3) is 0 Å². The summed E-state index contributed by atoms with van der Waals surface area (Å²) in [5.41, 5.74) is -0.691. The lowest BCUT2D eigenvalue weighted by Gasteiger charge is -2.27.